The van der Waals surface area contributed by atoms with Gasteiger partial charge in [0.25, 0.3) is 0 Å². The molecule has 0 fully saturated rings. The van der Waals surface area contributed by atoms with Gasteiger partial charge in [0.05, 0.1) is 13.2 Å². The summed E-state index contributed by atoms with van der Waals surface area (Å²) in [4.78, 5) is 30.8. The highest BCUT2D eigenvalue weighted by atomic mass is 16.5. The molecular weight excluding hydrogens is 498 g/mol. The highest BCUT2D eigenvalue weighted by Crippen LogP contribution is 2.23. The molecule has 0 aromatic heterocycles. The van der Waals surface area contributed by atoms with Crippen LogP contribution in [0, 0.1) is 0 Å². The third-order valence-electron chi connectivity index (χ3n) is 7.00. The molecule has 6 nitrogen and oxygen atoms in total. The van der Waals surface area contributed by atoms with Crippen LogP contribution in [0.2, 0.25) is 0 Å². The minimum absolute atomic E-state index is 0.0160. The van der Waals surface area contributed by atoms with E-state index in [1.807, 2.05) is 90.7 Å². The fourth-order valence-corrected chi connectivity index (χ4v) is 4.63. The number of hydrogen-bond donors (Lipinski definition) is 1. The van der Waals surface area contributed by atoms with Crippen LogP contribution in [0.1, 0.15) is 36.1 Å². The zero-order chi connectivity index (χ0) is 28.2. The Hall–Kier alpha value is -4.58. The summed E-state index contributed by atoms with van der Waals surface area (Å²) in [7, 11) is 1.61. The first kappa shape index (κ1) is 28.4. The van der Waals surface area contributed by atoms with Gasteiger partial charge in [0.2, 0.25) is 5.91 Å². The van der Waals surface area contributed by atoms with E-state index in [0.717, 1.165) is 17.5 Å². The lowest BCUT2D eigenvalue weighted by molar-refractivity contribution is -0.132. The Morgan fingerprint density at radius 1 is 0.750 bits per heavy atom. The number of benzene rings is 4. The van der Waals surface area contributed by atoms with E-state index in [4.69, 9.17) is 4.74 Å². The number of rotatable bonds is 12. The van der Waals surface area contributed by atoms with Crippen LogP contribution in [0.4, 0.5) is 10.5 Å². The molecule has 0 spiro atoms. The zero-order valence-electron chi connectivity index (χ0n) is 23.2. The summed E-state index contributed by atoms with van der Waals surface area (Å²) in [5, 5.41) is 2.99. The molecule has 0 saturated carbocycles. The Morgan fingerprint density at radius 2 is 1.32 bits per heavy atom. The van der Waals surface area contributed by atoms with E-state index >= 15 is 0 Å². The van der Waals surface area contributed by atoms with E-state index in [2.05, 4.69) is 17.4 Å². The van der Waals surface area contributed by atoms with Crippen molar-refractivity contribution in [3.8, 4) is 5.75 Å². The van der Waals surface area contributed by atoms with E-state index in [0.29, 0.717) is 24.5 Å². The second kappa shape index (κ2) is 14.5. The lowest BCUT2D eigenvalue weighted by Crippen LogP contribution is -2.41. The normalized spacial score (nSPS) is 11.3. The molecule has 1 N–H and O–H groups in total. The van der Waals surface area contributed by atoms with Gasteiger partial charge in [-0.1, -0.05) is 91.0 Å². The molecule has 0 aliphatic rings. The zero-order valence-corrected chi connectivity index (χ0v) is 23.2. The highest BCUT2D eigenvalue weighted by molar-refractivity contribution is 5.90. The maximum absolute atomic E-state index is 13.6. The van der Waals surface area contributed by atoms with Crippen molar-refractivity contribution in [2.24, 2.45) is 0 Å². The van der Waals surface area contributed by atoms with Gasteiger partial charge >= 0.3 is 6.03 Å². The third-order valence-corrected chi connectivity index (χ3v) is 7.00. The molecule has 0 radical (unpaired) electrons. The molecule has 0 saturated heterocycles. The summed E-state index contributed by atoms with van der Waals surface area (Å²) in [5.74, 6) is 0.731. The number of carbonyl (C=O) groups is 2. The standard InChI is InChI=1S/C34H37N3O3/c1-27(30-16-10-5-11-17-30)37(34(39)35-31-18-20-32(40-2)21-19-31)25-23-33(38)36(26-29-14-8-4-9-15-29)24-22-28-12-6-3-7-13-28/h3-21,27H,22-26H2,1-2H3,(H,35,39). The number of anilines is 1. The largest absolute Gasteiger partial charge is 0.497 e. The summed E-state index contributed by atoms with van der Waals surface area (Å²) in [6, 6.07) is 36.8. The van der Waals surface area contributed by atoms with Gasteiger partial charge < -0.3 is 19.9 Å². The molecule has 40 heavy (non-hydrogen) atoms. The first-order valence-electron chi connectivity index (χ1n) is 13.7. The number of urea groups is 1. The van der Waals surface area contributed by atoms with Crippen LogP contribution in [-0.4, -0.2) is 41.9 Å². The van der Waals surface area contributed by atoms with Crippen LogP contribution in [-0.2, 0) is 17.8 Å². The molecule has 0 aliphatic carbocycles. The molecule has 4 aromatic rings. The summed E-state index contributed by atoms with van der Waals surface area (Å²) in [6.45, 7) is 3.40. The Balaban J connectivity index is 1.49. The number of hydrogen-bond acceptors (Lipinski definition) is 3. The average Bonchev–Trinajstić information content (AvgIpc) is 3.01. The van der Waals surface area contributed by atoms with Crippen LogP contribution >= 0.6 is 0 Å². The first-order valence-corrected chi connectivity index (χ1v) is 13.7. The number of ether oxygens (including phenoxy) is 1. The second-order valence-corrected chi connectivity index (χ2v) is 9.73. The van der Waals surface area contributed by atoms with E-state index < -0.39 is 0 Å². The van der Waals surface area contributed by atoms with E-state index in [1.54, 1.807) is 36.3 Å². The van der Waals surface area contributed by atoms with Crippen molar-refractivity contribution in [3.63, 3.8) is 0 Å². The number of nitrogens with zero attached hydrogens (tertiary/aromatic N) is 2. The maximum atomic E-state index is 13.6. The van der Waals surface area contributed by atoms with Crippen molar-refractivity contribution in [2.75, 3.05) is 25.5 Å². The summed E-state index contributed by atoms with van der Waals surface area (Å²) in [5.41, 5.74) is 3.93. The molecule has 4 aromatic carbocycles. The minimum Gasteiger partial charge on any atom is -0.497 e. The predicted molar refractivity (Wildman–Crippen MR) is 160 cm³/mol. The molecule has 0 aliphatic heterocycles. The van der Waals surface area contributed by atoms with Crippen molar-refractivity contribution in [3.05, 3.63) is 132 Å². The van der Waals surface area contributed by atoms with Gasteiger partial charge in [-0.05, 0) is 54.3 Å². The SMILES string of the molecule is COc1ccc(NC(=O)N(CCC(=O)N(CCc2ccccc2)Cc2ccccc2)C(C)c2ccccc2)cc1. The van der Waals surface area contributed by atoms with Crippen molar-refractivity contribution >= 4 is 17.6 Å². The summed E-state index contributed by atoms with van der Waals surface area (Å²) < 4.78 is 5.23. The Morgan fingerprint density at radius 3 is 1.93 bits per heavy atom. The number of nitrogens with one attached hydrogen (secondary N) is 1. The lowest BCUT2D eigenvalue weighted by atomic mass is 10.1. The van der Waals surface area contributed by atoms with Gasteiger partial charge in [-0.15, -0.1) is 0 Å². The summed E-state index contributed by atoms with van der Waals surface area (Å²) >= 11 is 0. The van der Waals surface area contributed by atoms with Crippen LogP contribution in [0.3, 0.4) is 0 Å². The van der Waals surface area contributed by atoms with E-state index in [-0.39, 0.29) is 30.9 Å². The number of methoxy groups -OCH3 is 1. The fraction of sp³-hybridized carbons (Fsp3) is 0.235. The quantitative estimate of drug-likeness (QED) is 0.213. The van der Waals surface area contributed by atoms with Gasteiger partial charge in [0.1, 0.15) is 5.75 Å². The fourth-order valence-electron chi connectivity index (χ4n) is 4.63. The lowest BCUT2D eigenvalue weighted by Gasteiger charge is -2.31. The monoisotopic (exact) mass is 535 g/mol. The Bertz CT molecular complexity index is 1330. The van der Waals surface area contributed by atoms with E-state index in [9.17, 15) is 9.59 Å². The van der Waals surface area contributed by atoms with Crippen molar-refractivity contribution < 1.29 is 14.3 Å². The molecule has 206 valence electrons. The third kappa shape index (κ3) is 8.21. The van der Waals surface area contributed by atoms with Crippen molar-refractivity contribution in [1.82, 2.24) is 9.80 Å². The van der Waals surface area contributed by atoms with Gasteiger partial charge in [0.15, 0.2) is 0 Å². The Labute approximate surface area is 237 Å². The minimum atomic E-state index is -0.256. The molecule has 1 atom stereocenters. The van der Waals surface area contributed by atoms with Gasteiger partial charge in [-0.3, -0.25) is 4.79 Å². The molecule has 1 unspecified atom stereocenters. The number of carbonyl (C=O) groups excluding carboxylic acids is 2. The van der Waals surface area contributed by atoms with Gasteiger partial charge in [-0.2, -0.15) is 0 Å². The molecule has 3 amide bonds. The van der Waals surface area contributed by atoms with Crippen LogP contribution in [0.15, 0.2) is 115 Å². The van der Waals surface area contributed by atoms with Gasteiger partial charge in [0, 0.05) is 31.7 Å². The van der Waals surface area contributed by atoms with Gasteiger partial charge in [-0.25, -0.2) is 4.79 Å². The highest BCUT2D eigenvalue weighted by Gasteiger charge is 2.24. The number of amides is 3. The molecular formula is C34H37N3O3. The van der Waals surface area contributed by atoms with E-state index in [1.165, 1.54) is 5.56 Å². The Kier molecular flexibility index (Phi) is 10.3. The van der Waals surface area contributed by atoms with Crippen LogP contribution in [0.5, 0.6) is 5.75 Å². The smallest absolute Gasteiger partial charge is 0.322 e. The summed E-state index contributed by atoms with van der Waals surface area (Å²) in [6.07, 6.45) is 0.982. The molecule has 4 rings (SSSR count). The second-order valence-electron chi connectivity index (χ2n) is 9.73. The molecule has 0 heterocycles. The molecule has 0 bridgehead atoms. The predicted octanol–water partition coefficient (Wildman–Crippen LogP) is 6.95. The molecule has 6 heteroatoms. The topological polar surface area (TPSA) is 61.9 Å². The van der Waals surface area contributed by atoms with Crippen LogP contribution in [0.25, 0.3) is 0 Å². The van der Waals surface area contributed by atoms with Crippen LogP contribution < -0.4 is 10.1 Å². The van der Waals surface area contributed by atoms with Crippen molar-refractivity contribution in [2.45, 2.75) is 32.4 Å². The first-order chi connectivity index (χ1) is 19.5. The maximum Gasteiger partial charge on any atom is 0.322 e. The van der Waals surface area contributed by atoms with Crippen molar-refractivity contribution in [1.29, 1.82) is 0 Å². The average molecular weight is 536 g/mol.